The van der Waals surface area contributed by atoms with Crippen LogP contribution in [0.25, 0.3) is 0 Å². The van der Waals surface area contributed by atoms with Gasteiger partial charge in [0.15, 0.2) is 0 Å². The molecule has 0 rings (SSSR count). The van der Waals surface area contributed by atoms with Gasteiger partial charge in [-0.1, -0.05) is 13.2 Å². The number of allylic oxidation sites excluding steroid dienone is 1. The van der Waals surface area contributed by atoms with Gasteiger partial charge in [-0.25, -0.2) is 4.79 Å². The largest absolute Gasteiger partial charge is 0.460 e. The fourth-order valence-electron chi connectivity index (χ4n) is 0.376. The van der Waals surface area contributed by atoms with Crippen LogP contribution in [0.5, 0.6) is 0 Å². The van der Waals surface area contributed by atoms with E-state index in [9.17, 15) is 9.59 Å². The van der Waals surface area contributed by atoms with Crippen LogP contribution in [0.3, 0.4) is 0 Å². The molecule has 0 bridgehead atoms. The van der Waals surface area contributed by atoms with E-state index in [2.05, 4.69) is 27.4 Å². The standard InChI is InChI=1S/C6H10O3.C3H3ClO.C3H8O2/c1-3-6(7)9-5-4-8-2;1-2-3(4)5;1-5-3-2-4/h3H,1,4-5H2,2H3;2H,1H2;4H,2-3H2,1H3. The van der Waals surface area contributed by atoms with Gasteiger partial charge in [-0.15, -0.1) is 0 Å². The van der Waals surface area contributed by atoms with Crippen LogP contribution in [-0.2, 0) is 23.8 Å². The number of aliphatic hydroxyl groups is 1. The lowest BCUT2D eigenvalue weighted by atomic mass is 10.6. The second kappa shape index (κ2) is 22.0. The average molecular weight is 297 g/mol. The number of carbonyl (C=O) groups is 2. The molecule has 1 N–H and O–H groups in total. The van der Waals surface area contributed by atoms with Crippen LogP contribution in [0.4, 0.5) is 0 Å². The molecule has 0 unspecified atom stereocenters. The number of ether oxygens (including phenoxy) is 3. The van der Waals surface area contributed by atoms with Crippen LogP contribution in [0, 0.1) is 0 Å². The van der Waals surface area contributed by atoms with Gasteiger partial charge >= 0.3 is 5.97 Å². The quantitative estimate of drug-likeness (QED) is 0.326. The van der Waals surface area contributed by atoms with Gasteiger partial charge in [0, 0.05) is 20.3 Å². The van der Waals surface area contributed by atoms with Crippen LogP contribution >= 0.6 is 11.6 Å². The predicted molar refractivity (Wildman–Crippen MR) is 73.1 cm³/mol. The molecular formula is C12H21ClO6. The van der Waals surface area contributed by atoms with Crippen molar-refractivity contribution in [2.75, 3.05) is 40.6 Å². The van der Waals surface area contributed by atoms with E-state index in [1.807, 2.05) is 0 Å². The molecule has 0 saturated heterocycles. The van der Waals surface area contributed by atoms with Crippen molar-refractivity contribution in [2.24, 2.45) is 0 Å². The maximum Gasteiger partial charge on any atom is 0.330 e. The highest BCUT2D eigenvalue weighted by Gasteiger charge is 1.91. The maximum atomic E-state index is 10.3. The summed E-state index contributed by atoms with van der Waals surface area (Å²) in [6.07, 6.45) is 2.16. The number of aliphatic hydroxyl groups excluding tert-OH is 1. The van der Waals surface area contributed by atoms with Gasteiger partial charge in [0.1, 0.15) is 6.61 Å². The first-order valence-electron chi connectivity index (χ1n) is 5.19. The smallest absolute Gasteiger partial charge is 0.330 e. The second-order valence-corrected chi connectivity index (χ2v) is 2.96. The van der Waals surface area contributed by atoms with E-state index in [-0.39, 0.29) is 6.61 Å². The fourth-order valence-corrected chi connectivity index (χ4v) is 0.376. The van der Waals surface area contributed by atoms with Crippen molar-refractivity contribution in [1.29, 1.82) is 0 Å². The lowest BCUT2D eigenvalue weighted by Gasteiger charge is -1.98. The second-order valence-electron chi connectivity index (χ2n) is 2.59. The number of esters is 1. The van der Waals surface area contributed by atoms with E-state index < -0.39 is 11.2 Å². The van der Waals surface area contributed by atoms with E-state index >= 15 is 0 Å². The molecule has 0 aromatic carbocycles. The van der Waals surface area contributed by atoms with E-state index in [0.717, 1.165) is 12.2 Å². The summed E-state index contributed by atoms with van der Waals surface area (Å²) < 4.78 is 13.6. The molecule has 0 aromatic heterocycles. The average Bonchev–Trinajstić information content (AvgIpc) is 2.41. The lowest BCUT2D eigenvalue weighted by Crippen LogP contribution is -2.06. The number of hydrogen-bond acceptors (Lipinski definition) is 6. The van der Waals surface area contributed by atoms with Gasteiger partial charge in [0.05, 0.1) is 19.8 Å². The minimum absolute atomic E-state index is 0.122. The van der Waals surface area contributed by atoms with E-state index in [0.29, 0.717) is 19.8 Å². The number of halogens is 1. The molecule has 0 radical (unpaired) electrons. The Morgan fingerprint density at radius 2 is 1.58 bits per heavy atom. The van der Waals surface area contributed by atoms with Crippen LogP contribution in [0.15, 0.2) is 25.3 Å². The Hall–Kier alpha value is -1.21. The Morgan fingerprint density at radius 3 is 1.79 bits per heavy atom. The Balaban J connectivity index is -0.000000219. The van der Waals surface area contributed by atoms with Crippen molar-refractivity contribution in [3.8, 4) is 0 Å². The van der Waals surface area contributed by atoms with Crippen molar-refractivity contribution in [2.45, 2.75) is 0 Å². The summed E-state index contributed by atoms with van der Waals surface area (Å²) in [5.74, 6) is -0.410. The van der Waals surface area contributed by atoms with E-state index in [1.54, 1.807) is 14.2 Å². The summed E-state index contributed by atoms with van der Waals surface area (Å²) in [5, 5.41) is 7.43. The van der Waals surface area contributed by atoms with E-state index in [4.69, 9.17) is 16.7 Å². The van der Waals surface area contributed by atoms with Crippen molar-refractivity contribution < 1.29 is 28.9 Å². The van der Waals surface area contributed by atoms with Crippen molar-refractivity contribution in [3.63, 3.8) is 0 Å². The molecule has 0 heterocycles. The summed E-state index contributed by atoms with van der Waals surface area (Å²) >= 11 is 4.71. The molecule has 0 aliphatic rings. The molecule has 6 nitrogen and oxygen atoms in total. The molecule has 0 amide bonds. The third-order valence-electron chi connectivity index (χ3n) is 1.15. The Morgan fingerprint density at radius 1 is 1.11 bits per heavy atom. The summed E-state index contributed by atoms with van der Waals surface area (Å²) in [6, 6.07) is 0. The van der Waals surface area contributed by atoms with Gasteiger partial charge in [0.25, 0.3) is 0 Å². The normalized spacial score (nSPS) is 8.00. The molecule has 0 aliphatic heterocycles. The molecule has 0 aliphatic carbocycles. The van der Waals surface area contributed by atoms with Crippen molar-refractivity contribution in [1.82, 2.24) is 0 Å². The van der Waals surface area contributed by atoms with Gasteiger partial charge < -0.3 is 19.3 Å². The molecule has 0 spiro atoms. The zero-order valence-electron chi connectivity index (χ0n) is 11.3. The zero-order chi connectivity index (χ0) is 15.5. The molecule has 0 aromatic rings. The summed E-state index contributed by atoms with van der Waals surface area (Å²) in [7, 11) is 3.10. The highest BCUT2D eigenvalue weighted by atomic mass is 35.5. The fraction of sp³-hybridized carbons (Fsp3) is 0.500. The number of methoxy groups -OCH3 is 2. The molecule has 0 saturated carbocycles. The minimum atomic E-state index is -0.509. The third kappa shape index (κ3) is 38.3. The van der Waals surface area contributed by atoms with Gasteiger partial charge in [-0.05, 0) is 17.7 Å². The van der Waals surface area contributed by atoms with Gasteiger partial charge in [-0.2, -0.15) is 0 Å². The maximum absolute atomic E-state index is 10.3. The summed E-state index contributed by atoms with van der Waals surface area (Å²) in [6.45, 7) is 7.59. The van der Waals surface area contributed by atoms with Gasteiger partial charge in [-0.3, -0.25) is 4.79 Å². The number of rotatable bonds is 7. The van der Waals surface area contributed by atoms with Gasteiger partial charge in [0.2, 0.25) is 5.24 Å². The summed E-state index contributed by atoms with van der Waals surface area (Å²) in [5.41, 5.74) is 0. The Labute approximate surface area is 118 Å². The first kappa shape index (κ1) is 22.9. The van der Waals surface area contributed by atoms with E-state index in [1.165, 1.54) is 0 Å². The monoisotopic (exact) mass is 296 g/mol. The lowest BCUT2D eigenvalue weighted by molar-refractivity contribution is -0.138. The Bertz CT molecular complexity index is 240. The molecule has 112 valence electrons. The van der Waals surface area contributed by atoms with Crippen LogP contribution in [0.2, 0.25) is 0 Å². The molecule has 19 heavy (non-hydrogen) atoms. The first-order valence-corrected chi connectivity index (χ1v) is 5.57. The topological polar surface area (TPSA) is 82.1 Å². The highest BCUT2D eigenvalue weighted by molar-refractivity contribution is 6.66. The zero-order valence-corrected chi connectivity index (χ0v) is 12.0. The van der Waals surface area contributed by atoms with Crippen LogP contribution < -0.4 is 0 Å². The van der Waals surface area contributed by atoms with Crippen LogP contribution in [-0.4, -0.2) is 57.0 Å². The van der Waals surface area contributed by atoms with Crippen molar-refractivity contribution >= 4 is 22.8 Å². The molecular weight excluding hydrogens is 276 g/mol. The number of carbonyl (C=O) groups excluding carboxylic acids is 2. The molecule has 7 heteroatoms. The Kier molecular flexibility index (Phi) is 26.6. The molecule has 0 fully saturated rings. The first-order chi connectivity index (χ1) is 8.99. The predicted octanol–water partition coefficient (Wildman–Crippen LogP) is 0.925. The number of hydrogen-bond donors (Lipinski definition) is 1. The van der Waals surface area contributed by atoms with Crippen molar-refractivity contribution in [3.05, 3.63) is 25.3 Å². The summed E-state index contributed by atoms with van der Waals surface area (Å²) in [4.78, 5) is 19.8. The SMILES string of the molecule is C=CC(=O)Cl.C=CC(=O)OCCOC.COCCO. The minimum Gasteiger partial charge on any atom is -0.460 e. The molecule has 0 atom stereocenters. The van der Waals surface area contributed by atoms with Crippen LogP contribution in [0.1, 0.15) is 0 Å². The highest BCUT2D eigenvalue weighted by Crippen LogP contribution is 1.78. The third-order valence-corrected chi connectivity index (χ3v) is 1.31.